The van der Waals surface area contributed by atoms with Gasteiger partial charge in [0.25, 0.3) is 5.91 Å². The fourth-order valence-electron chi connectivity index (χ4n) is 2.42. The second-order valence-electron chi connectivity index (χ2n) is 5.78. The normalized spacial score (nSPS) is 10.4. The van der Waals surface area contributed by atoms with Crippen molar-refractivity contribution in [3.8, 4) is 11.3 Å². The van der Waals surface area contributed by atoms with Crippen LogP contribution in [0.3, 0.4) is 0 Å². The van der Waals surface area contributed by atoms with Crippen LogP contribution in [-0.4, -0.2) is 11.0 Å². The first-order valence-corrected chi connectivity index (χ1v) is 9.22. The fourth-order valence-corrected chi connectivity index (χ4v) is 2.84. The van der Waals surface area contributed by atoms with Crippen LogP contribution in [0.4, 0.5) is 0 Å². The lowest BCUT2D eigenvalue weighted by atomic mass is 10.1. The number of hydrogen-bond acceptors (Lipinski definition) is 3. The highest BCUT2D eigenvalue weighted by Gasteiger charge is 2.09. The van der Waals surface area contributed by atoms with Crippen LogP contribution >= 0.6 is 28.1 Å². The van der Waals surface area contributed by atoms with Gasteiger partial charge in [-0.2, -0.15) is 0 Å². The molecule has 3 rings (SSSR count). The van der Waals surface area contributed by atoms with Crippen molar-refractivity contribution in [3.63, 3.8) is 0 Å². The summed E-state index contributed by atoms with van der Waals surface area (Å²) in [4.78, 5) is 12.2. The van der Waals surface area contributed by atoms with Crippen molar-refractivity contribution >= 4 is 39.2 Å². The molecule has 0 unspecified atom stereocenters. The number of nitrogens with one attached hydrogen (secondary N) is 2. The van der Waals surface area contributed by atoms with Crippen molar-refractivity contribution in [2.24, 2.45) is 0 Å². The molecule has 0 aliphatic rings. The van der Waals surface area contributed by atoms with Gasteiger partial charge in [0.2, 0.25) is 0 Å². The average molecular weight is 429 g/mol. The van der Waals surface area contributed by atoms with Crippen LogP contribution in [0.25, 0.3) is 11.3 Å². The molecule has 26 heavy (non-hydrogen) atoms. The Morgan fingerprint density at radius 2 is 1.88 bits per heavy atom. The van der Waals surface area contributed by atoms with Gasteiger partial charge < -0.3 is 9.73 Å². The van der Waals surface area contributed by atoms with E-state index in [1.165, 1.54) is 0 Å². The van der Waals surface area contributed by atoms with Crippen LogP contribution in [-0.2, 0) is 6.54 Å². The minimum atomic E-state index is -0.235. The van der Waals surface area contributed by atoms with Gasteiger partial charge in [0.05, 0.1) is 6.54 Å². The van der Waals surface area contributed by atoms with Crippen LogP contribution in [0.15, 0.2) is 69.6 Å². The van der Waals surface area contributed by atoms with E-state index in [-0.39, 0.29) is 11.0 Å². The van der Waals surface area contributed by atoms with Gasteiger partial charge in [-0.25, -0.2) is 0 Å². The van der Waals surface area contributed by atoms with Crippen molar-refractivity contribution in [1.29, 1.82) is 0 Å². The Bertz CT molecular complexity index is 935. The molecule has 0 radical (unpaired) electrons. The summed E-state index contributed by atoms with van der Waals surface area (Å²) in [6.45, 7) is 2.33. The van der Waals surface area contributed by atoms with E-state index in [9.17, 15) is 4.79 Å². The Morgan fingerprint density at radius 1 is 1.12 bits per heavy atom. The van der Waals surface area contributed by atoms with Gasteiger partial charge in [-0.3, -0.25) is 10.1 Å². The molecule has 1 heterocycles. The predicted molar refractivity (Wildman–Crippen MR) is 110 cm³/mol. The Kier molecular flexibility index (Phi) is 5.85. The van der Waals surface area contributed by atoms with Crippen molar-refractivity contribution in [2.75, 3.05) is 0 Å². The Morgan fingerprint density at radius 3 is 2.62 bits per heavy atom. The van der Waals surface area contributed by atoms with Gasteiger partial charge in [0.1, 0.15) is 11.5 Å². The molecular formula is C20H17BrN2O2S. The molecule has 1 amide bonds. The molecule has 1 aromatic heterocycles. The molecule has 132 valence electrons. The van der Waals surface area contributed by atoms with Gasteiger partial charge in [0.15, 0.2) is 5.11 Å². The van der Waals surface area contributed by atoms with Crippen molar-refractivity contribution in [1.82, 2.24) is 10.6 Å². The van der Waals surface area contributed by atoms with E-state index in [0.717, 1.165) is 27.1 Å². The minimum Gasteiger partial charge on any atom is -0.459 e. The SMILES string of the molecule is Cc1cccc(C(=O)NC(=S)NCc2ccc(-c3ccc(Br)cc3)o2)c1. The first-order valence-electron chi connectivity index (χ1n) is 8.02. The second kappa shape index (κ2) is 8.29. The van der Waals surface area contributed by atoms with Crippen LogP contribution < -0.4 is 10.6 Å². The molecule has 0 atom stereocenters. The minimum absolute atomic E-state index is 0.235. The van der Waals surface area contributed by atoms with Crippen molar-refractivity contribution in [3.05, 3.63) is 82.0 Å². The maximum atomic E-state index is 12.2. The summed E-state index contributed by atoms with van der Waals surface area (Å²) < 4.78 is 6.83. The summed E-state index contributed by atoms with van der Waals surface area (Å²) in [5, 5.41) is 5.92. The van der Waals surface area contributed by atoms with Crippen LogP contribution in [0, 0.1) is 6.92 Å². The molecule has 0 aliphatic heterocycles. The molecule has 0 spiro atoms. The van der Waals surface area contributed by atoms with E-state index >= 15 is 0 Å². The monoisotopic (exact) mass is 428 g/mol. The van der Waals surface area contributed by atoms with E-state index in [2.05, 4.69) is 26.6 Å². The average Bonchev–Trinajstić information content (AvgIpc) is 3.09. The first-order chi connectivity index (χ1) is 12.5. The predicted octanol–water partition coefficient (Wildman–Crippen LogP) is 4.82. The molecular weight excluding hydrogens is 412 g/mol. The van der Waals surface area contributed by atoms with E-state index in [1.807, 2.05) is 61.5 Å². The van der Waals surface area contributed by atoms with E-state index in [4.69, 9.17) is 16.6 Å². The maximum absolute atomic E-state index is 12.2. The van der Waals surface area contributed by atoms with E-state index in [1.54, 1.807) is 6.07 Å². The lowest BCUT2D eigenvalue weighted by Crippen LogP contribution is -2.38. The molecule has 0 fully saturated rings. The molecule has 2 N–H and O–H groups in total. The topological polar surface area (TPSA) is 54.3 Å². The number of hydrogen-bond donors (Lipinski definition) is 2. The van der Waals surface area contributed by atoms with E-state index in [0.29, 0.717) is 12.1 Å². The number of benzene rings is 2. The lowest BCUT2D eigenvalue weighted by Gasteiger charge is -2.08. The van der Waals surface area contributed by atoms with Crippen LogP contribution in [0.2, 0.25) is 0 Å². The van der Waals surface area contributed by atoms with Crippen molar-refractivity contribution in [2.45, 2.75) is 13.5 Å². The van der Waals surface area contributed by atoms with Gasteiger partial charge >= 0.3 is 0 Å². The molecule has 3 aromatic rings. The number of carbonyl (C=O) groups is 1. The highest BCUT2D eigenvalue weighted by Crippen LogP contribution is 2.23. The van der Waals surface area contributed by atoms with Gasteiger partial charge in [-0.05, 0) is 55.5 Å². The molecule has 4 nitrogen and oxygen atoms in total. The van der Waals surface area contributed by atoms with Gasteiger partial charge in [0, 0.05) is 15.6 Å². The Balaban J connectivity index is 1.55. The number of rotatable bonds is 4. The third-order valence-electron chi connectivity index (χ3n) is 3.72. The highest BCUT2D eigenvalue weighted by atomic mass is 79.9. The number of halogens is 1. The summed E-state index contributed by atoms with van der Waals surface area (Å²) >= 11 is 8.60. The standard InChI is InChI=1S/C20H17BrN2O2S/c1-13-3-2-4-15(11-13)19(24)23-20(26)22-12-17-9-10-18(25-17)14-5-7-16(21)8-6-14/h2-11H,12H2,1H3,(H2,22,23,24,26). The summed E-state index contributed by atoms with van der Waals surface area (Å²) in [6, 6.07) is 19.0. The smallest absolute Gasteiger partial charge is 0.257 e. The van der Waals surface area contributed by atoms with Gasteiger partial charge in [-0.15, -0.1) is 0 Å². The number of amides is 1. The second-order valence-corrected chi connectivity index (χ2v) is 7.10. The van der Waals surface area contributed by atoms with Crippen LogP contribution in [0.1, 0.15) is 21.7 Å². The summed E-state index contributed by atoms with van der Waals surface area (Å²) in [5.41, 5.74) is 2.59. The third-order valence-corrected chi connectivity index (χ3v) is 4.50. The quantitative estimate of drug-likeness (QED) is 0.584. The largest absolute Gasteiger partial charge is 0.459 e. The fraction of sp³-hybridized carbons (Fsp3) is 0.100. The molecule has 0 bridgehead atoms. The van der Waals surface area contributed by atoms with E-state index < -0.39 is 0 Å². The summed E-state index contributed by atoms with van der Waals surface area (Å²) in [6.07, 6.45) is 0. The Labute approximate surface area is 165 Å². The van der Waals surface area contributed by atoms with Crippen LogP contribution in [0.5, 0.6) is 0 Å². The maximum Gasteiger partial charge on any atom is 0.257 e. The zero-order chi connectivity index (χ0) is 18.5. The molecule has 6 heteroatoms. The highest BCUT2D eigenvalue weighted by molar-refractivity contribution is 9.10. The Hall–Kier alpha value is -2.44. The zero-order valence-corrected chi connectivity index (χ0v) is 16.5. The molecule has 0 saturated heterocycles. The number of aryl methyl sites for hydroxylation is 1. The number of thiocarbonyl (C=S) groups is 1. The molecule has 2 aromatic carbocycles. The van der Waals surface area contributed by atoms with Crippen molar-refractivity contribution < 1.29 is 9.21 Å². The first kappa shape index (κ1) is 18.4. The zero-order valence-electron chi connectivity index (χ0n) is 14.1. The summed E-state index contributed by atoms with van der Waals surface area (Å²) in [5.74, 6) is 1.28. The number of carbonyl (C=O) groups excluding carboxylic acids is 1. The molecule has 0 saturated carbocycles. The third kappa shape index (κ3) is 4.80. The summed E-state index contributed by atoms with van der Waals surface area (Å²) in [7, 11) is 0. The lowest BCUT2D eigenvalue weighted by molar-refractivity contribution is 0.0976. The number of furan rings is 1. The molecule has 0 aliphatic carbocycles. The van der Waals surface area contributed by atoms with Gasteiger partial charge in [-0.1, -0.05) is 45.8 Å².